The zero-order chi connectivity index (χ0) is 24.8. The van der Waals surface area contributed by atoms with E-state index in [-0.39, 0.29) is 30.0 Å². The number of carbonyl (C=O) groups excluding carboxylic acids is 4. The van der Waals surface area contributed by atoms with Crippen LogP contribution >= 0.6 is 11.6 Å². The third kappa shape index (κ3) is 5.76. The second-order valence-electron chi connectivity index (χ2n) is 7.50. The van der Waals surface area contributed by atoms with E-state index in [9.17, 15) is 19.2 Å². The summed E-state index contributed by atoms with van der Waals surface area (Å²) in [6.07, 6.45) is -0.169. The number of methoxy groups -OCH3 is 2. The monoisotopic (exact) mass is 489 g/mol. The molecule has 0 saturated carbocycles. The molecule has 1 atom stereocenters. The third-order valence-electron chi connectivity index (χ3n) is 5.15. The van der Waals surface area contributed by atoms with Crippen LogP contribution < -0.4 is 20.2 Å². The number of halogens is 1. The van der Waals surface area contributed by atoms with Gasteiger partial charge in [0.15, 0.2) is 6.61 Å². The Balaban J connectivity index is 1.55. The molecule has 1 fully saturated rings. The average molecular weight is 490 g/mol. The Bertz CT molecular complexity index is 1100. The van der Waals surface area contributed by atoms with Gasteiger partial charge in [0.1, 0.15) is 17.1 Å². The van der Waals surface area contributed by atoms with E-state index in [1.54, 1.807) is 36.4 Å². The van der Waals surface area contributed by atoms with Crippen molar-refractivity contribution in [2.45, 2.75) is 13.3 Å². The fourth-order valence-corrected chi connectivity index (χ4v) is 3.53. The molecule has 0 aliphatic carbocycles. The highest BCUT2D eigenvalue weighted by atomic mass is 35.5. The van der Waals surface area contributed by atoms with Gasteiger partial charge in [0.2, 0.25) is 5.91 Å². The first-order chi connectivity index (χ1) is 16.2. The van der Waals surface area contributed by atoms with Crippen molar-refractivity contribution in [3.05, 3.63) is 52.5 Å². The summed E-state index contributed by atoms with van der Waals surface area (Å²) in [6.45, 7) is 1.20. The first-order valence-corrected chi connectivity index (χ1v) is 10.7. The summed E-state index contributed by atoms with van der Waals surface area (Å²) in [7, 11) is 2.81. The summed E-state index contributed by atoms with van der Waals surface area (Å²) < 4.78 is 15.5. The lowest BCUT2D eigenvalue weighted by Crippen LogP contribution is -2.43. The highest BCUT2D eigenvalue weighted by molar-refractivity contribution is 6.31. The second-order valence-corrected chi connectivity index (χ2v) is 7.91. The van der Waals surface area contributed by atoms with Gasteiger partial charge in [-0.05, 0) is 36.8 Å². The fourth-order valence-electron chi connectivity index (χ4n) is 3.35. The summed E-state index contributed by atoms with van der Waals surface area (Å²) in [5.74, 6) is -2.69. The molecule has 11 heteroatoms. The number of benzene rings is 2. The molecule has 34 heavy (non-hydrogen) atoms. The summed E-state index contributed by atoms with van der Waals surface area (Å²) in [5.41, 5.74) is 3.91. The Labute approximate surface area is 201 Å². The number of hydrogen-bond donors (Lipinski definition) is 2. The molecule has 1 aliphatic rings. The van der Waals surface area contributed by atoms with E-state index in [0.717, 1.165) is 10.6 Å². The Hall–Kier alpha value is -3.79. The van der Waals surface area contributed by atoms with Gasteiger partial charge in [-0.25, -0.2) is 0 Å². The lowest BCUT2D eigenvalue weighted by atomic mass is 10.1. The van der Waals surface area contributed by atoms with Crippen molar-refractivity contribution in [1.82, 2.24) is 10.4 Å². The molecule has 2 aromatic rings. The van der Waals surface area contributed by atoms with Crippen molar-refractivity contribution in [3.63, 3.8) is 0 Å². The number of nitrogens with zero attached hydrogens (tertiary/aromatic N) is 1. The molecule has 180 valence electrons. The van der Waals surface area contributed by atoms with Crippen LogP contribution in [0.25, 0.3) is 0 Å². The highest BCUT2D eigenvalue weighted by Gasteiger charge is 2.37. The van der Waals surface area contributed by atoms with Gasteiger partial charge in [0.05, 0.1) is 26.7 Å². The van der Waals surface area contributed by atoms with Gasteiger partial charge in [0.25, 0.3) is 11.8 Å². The average Bonchev–Trinajstić information content (AvgIpc) is 3.19. The molecule has 0 aromatic heterocycles. The number of ether oxygens (including phenoxy) is 3. The lowest BCUT2D eigenvalue weighted by Gasteiger charge is -2.19. The Morgan fingerprint density at radius 2 is 1.79 bits per heavy atom. The molecule has 0 bridgehead atoms. The van der Waals surface area contributed by atoms with Gasteiger partial charge in [-0.3, -0.25) is 29.6 Å². The number of anilines is 1. The van der Waals surface area contributed by atoms with Crippen LogP contribution in [-0.2, 0) is 19.1 Å². The summed E-state index contributed by atoms with van der Waals surface area (Å²) in [4.78, 5) is 49.6. The van der Waals surface area contributed by atoms with E-state index in [1.807, 2.05) is 6.92 Å². The Morgan fingerprint density at radius 3 is 2.41 bits per heavy atom. The molecular weight excluding hydrogens is 466 g/mol. The second kappa shape index (κ2) is 10.9. The minimum atomic E-state index is -0.839. The first kappa shape index (κ1) is 24.8. The molecule has 0 spiro atoms. The van der Waals surface area contributed by atoms with Crippen LogP contribution in [0.4, 0.5) is 5.69 Å². The van der Waals surface area contributed by atoms with Crippen LogP contribution in [0.15, 0.2) is 36.4 Å². The third-order valence-corrected chi connectivity index (χ3v) is 5.56. The minimum Gasteiger partial charge on any atom is -0.496 e. The van der Waals surface area contributed by atoms with E-state index in [0.29, 0.717) is 10.7 Å². The molecule has 0 unspecified atom stereocenters. The molecule has 2 aromatic carbocycles. The quantitative estimate of drug-likeness (QED) is 0.545. The van der Waals surface area contributed by atoms with Crippen LogP contribution in [0.2, 0.25) is 5.02 Å². The molecule has 3 amide bonds. The number of nitrogens with one attached hydrogen (secondary N) is 2. The highest BCUT2D eigenvalue weighted by Crippen LogP contribution is 2.28. The minimum absolute atomic E-state index is 0.101. The maximum absolute atomic E-state index is 12.8. The standard InChI is InChI=1S/C23H24ClN3O7/c1-13-7-8-15(10-16(13)24)25-19(28)12-34-23(31)14-9-20(29)27(11-14)26-22(30)21-17(32-2)5-4-6-18(21)33-3/h4-8,10,14H,9,11-12H2,1-3H3,(H,25,28)(H,26,30)/t14-/m0/s1. The number of carbonyl (C=O) groups is 4. The summed E-state index contributed by atoms with van der Waals surface area (Å²) >= 11 is 6.03. The fraction of sp³-hybridized carbons (Fsp3) is 0.304. The van der Waals surface area contributed by atoms with Gasteiger partial charge >= 0.3 is 5.97 Å². The maximum Gasteiger partial charge on any atom is 0.311 e. The van der Waals surface area contributed by atoms with Crippen molar-refractivity contribution < 1.29 is 33.4 Å². The molecular formula is C23H24ClN3O7. The van der Waals surface area contributed by atoms with Gasteiger partial charge in [0, 0.05) is 17.1 Å². The van der Waals surface area contributed by atoms with Crippen molar-refractivity contribution >= 4 is 41.0 Å². The summed E-state index contributed by atoms with van der Waals surface area (Å²) in [5, 5.41) is 4.11. The molecule has 1 saturated heterocycles. The molecule has 1 aliphatic heterocycles. The molecule has 0 radical (unpaired) electrons. The normalized spacial score (nSPS) is 15.0. The van der Waals surface area contributed by atoms with Gasteiger partial charge in [-0.15, -0.1) is 0 Å². The maximum atomic E-state index is 12.8. The van der Waals surface area contributed by atoms with Crippen molar-refractivity contribution in [1.29, 1.82) is 0 Å². The van der Waals surface area contributed by atoms with Gasteiger partial charge in [-0.2, -0.15) is 0 Å². The van der Waals surface area contributed by atoms with Gasteiger partial charge in [-0.1, -0.05) is 23.7 Å². The van der Waals surface area contributed by atoms with Crippen LogP contribution in [0.5, 0.6) is 11.5 Å². The van der Waals surface area contributed by atoms with E-state index in [2.05, 4.69) is 10.7 Å². The topological polar surface area (TPSA) is 123 Å². The van der Waals surface area contributed by atoms with E-state index >= 15 is 0 Å². The number of esters is 1. The number of hydrazine groups is 1. The van der Waals surface area contributed by atoms with Crippen LogP contribution in [0.1, 0.15) is 22.3 Å². The first-order valence-electron chi connectivity index (χ1n) is 10.3. The number of amides is 3. The smallest absolute Gasteiger partial charge is 0.311 e. The van der Waals surface area contributed by atoms with E-state index < -0.39 is 36.2 Å². The van der Waals surface area contributed by atoms with E-state index in [1.165, 1.54) is 14.2 Å². The van der Waals surface area contributed by atoms with E-state index in [4.69, 9.17) is 25.8 Å². The predicted molar refractivity (Wildman–Crippen MR) is 123 cm³/mol. The zero-order valence-corrected chi connectivity index (χ0v) is 19.6. The van der Waals surface area contributed by atoms with Crippen molar-refractivity contribution in [2.75, 3.05) is 32.7 Å². The molecule has 10 nitrogen and oxygen atoms in total. The van der Waals surface area contributed by atoms with Crippen LogP contribution in [0, 0.1) is 12.8 Å². The molecule has 1 heterocycles. The predicted octanol–water partition coefficient (Wildman–Crippen LogP) is 2.34. The number of aryl methyl sites for hydroxylation is 1. The number of rotatable bonds is 8. The summed E-state index contributed by atoms with van der Waals surface area (Å²) in [6, 6.07) is 9.83. The Morgan fingerprint density at radius 1 is 1.12 bits per heavy atom. The Kier molecular flexibility index (Phi) is 7.95. The van der Waals surface area contributed by atoms with Crippen LogP contribution in [-0.4, -0.2) is 56.1 Å². The molecule has 2 N–H and O–H groups in total. The number of hydrogen-bond acceptors (Lipinski definition) is 7. The molecule has 3 rings (SSSR count). The zero-order valence-electron chi connectivity index (χ0n) is 18.8. The SMILES string of the molecule is COc1cccc(OC)c1C(=O)NN1C[C@@H](C(=O)OCC(=O)Nc2ccc(C)c(Cl)c2)CC1=O. The van der Waals surface area contributed by atoms with Crippen molar-refractivity contribution in [3.8, 4) is 11.5 Å². The lowest BCUT2D eigenvalue weighted by molar-refractivity contribution is -0.151. The van der Waals surface area contributed by atoms with Crippen LogP contribution in [0.3, 0.4) is 0 Å². The largest absolute Gasteiger partial charge is 0.496 e. The van der Waals surface area contributed by atoms with Gasteiger partial charge < -0.3 is 19.5 Å². The van der Waals surface area contributed by atoms with Crippen molar-refractivity contribution in [2.24, 2.45) is 5.92 Å².